The van der Waals surface area contributed by atoms with Gasteiger partial charge in [-0.3, -0.25) is 9.59 Å². The number of ketones is 2. The maximum absolute atomic E-state index is 12.0. The Labute approximate surface area is 147 Å². The van der Waals surface area contributed by atoms with Crippen molar-refractivity contribution in [3.05, 3.63) is 90.5 Å². The average Bonchev–Trinajstić information content (AvgIpc) is 2.64. The predicted molar refractivity (Wildman–Crippen MR) is 101 cm³/mol. The second kappa shape index (κ2) is 7.58. The molecule has 124 valence electrons. The van der Waals surface area contributed by atoms with E-state index in [9.17, 15) is 9.59 Å². The molecule has 0 atom stereocenters. The molecule has 3 heteroatoms. The molecule has 0 aromatic heterocycles. The average molecular weight is 329 g/mol. The Bertz CT molecular complexity index is 816. The molecule has 3 rings (SSSR count). The first-order valence-electron chi connectivity index (χ1n) is 8.18. The van der Waals surface area contributed by atoms with E-state index in [1.807, 2.05) is 72.8 Å². The molecular formula is C22H19NO2. The van der Waals surface area contributed by atoms with E-state index in [-0.39, 0.29) is 18.0 Å². The van der Waals surface area contributed by atoms with Crippen molar-refractivity contribution in [3.63, 3.8) is 0 Å². The minimum atomic E-state index is -0.148. The number of hydrogen-bond acceptors (Lipinski definition) is 3. The van der Waals surface area contributed by atoms with E-state index in [0.29, 0.717) is 5.56 Å². The van der Waals surface area contributed by atoms with Crippen molar-refractivity contribution in [1.29, 1.82) is 0 Å². The number of nitrogens with zero attached hydrogens (tertiary/aromatic N) is 1. The van der Waals surface area contributed by atoms with Crippen LogP contribution in [0.5, 0.6) is 0 Å². The lowest BCUT2D eigenvalue weighted by Crippen LogP contribution is -2.10. The van der Waals surface area contributed by atoms with Crippen molar-refractivity contribution in [2.45, 2.75) is 13.3 Å². The summed E-state index contributed by atoms with van der Waals surface area (Å²) in [6, 6.07) is 27.5. The lowest BCUT2D eigenvalue weighted by Gasteiger charge is -2.25. The Kier molecular flexibility index (Phi) is 5.05. The molecular weight excluding hydrogens is 310 g/mol. The molecule has 0 amide bonds. The summed E-state index contributed by atoms with van der Waals surface area (Å²) in [4.78, 5) is 25.3. The number of carbonyl (C=O) groups is 2. The quantitative estimate of drug-likeness (QED) is 0.454. The first kappa shape index (κ1) is 16.7. The maximum atomic E-state index is 12.0. The second-order valence-corrected chi connectivity index (χ2v) is 5.86. The van der Waals surface area contributed by atoms with Crippen molar-refractivity contribution >= 4 is 28.6 Å². The first-order chi connectivity index (χ1) is 12.1. The summed E-state index contributed by atoms with van der Waals surface area (Å²) in [5.41, 5.74) is 3.59. The molecule has 0 bridgehead atoms. The Balaban J connectivity index is 1.97. The minimum absolute atomic E-state index is 0.0551. The number of carbonyl (C=O) groups excluding carboxylic acids is 2. The number of para-hydroxylation sites is 2. The van der Waals surface area contributed by atoms with E-state index in [2.05, 4.69) is 4.90 Å². The Morgan fingerprint density at radius 1 is 0.680 bits per heavy atom. The van der Waals surface area contributed by atoms with Crippen LogP contribution >= 0.6 is 0 Å². The van der Waals surface area contributed by atoms with Crippen molar-refractivity contribution in [1.82, 2.24) is 0 Å². The van der Waals surface area contributed by atoms with Crippen molar-refractivity contribution in [2.24, 2.45) is 0 Å². The summed E-state index contributed by atoms with van der Waals surface area (Å²) < 4.78 is 0. The van der Waals surface area contributed by atoms with E-state index >= 15 is 0 Å². The normalized spacial score (nSPS) is 10.3. The third-order valence-corrected chi connectivity index (χ3v) is 3.89. The van der Waals surface area contributed by atoms with Gasteiger partial charge in [0.1, 0.15) is 5.78 Å². The standard InChI is InChI=1S/C22H19NO2/c1-17(24)16-22(25)18-12-14-21(15-13-18)23(19-8-4-2-5-9-19)20-10-6-3-7-11-20/h2-15H,16H2,1H3. The lowest BCUT2D eigenvalue weighted by atomic mass is 10.1. The molecule has 0 spiro atoms. The zero-order chi connectivity index (χ0) is 17.6. The van der Waals surface area contributed by atoms with E-state index in [4.69, 9.17) is 0 Å². The van der Waals surface area contributed by atoms with Gasteiger partial charge in [-0.25, -0.2) is 0 Å². The third-order valence-electron chi connectivity index (χ3n) is 3.89. The van der Waals surface area contributed by atoms with Gasteiger partial charge in [-0.05, 0) is 55.5 Å². The van der Waals surface area contributed by atoms with Gasteiger partial charge in [0.2, 0.25) is 0 Å². The molecule has 0 saturated carbocycles. The van der Waals surface area contributed by atoms with Gasteiger partial charge in [-0.15, -0.1) is 0 Å². The van der Waals surface area contributed by atoms with Crippen LogP contribution in [0.3, 0.4) is 0 Å². The van der Waals surface area contributed by atoms with Crippen LogP contribution < -0.4 is 4.90 Å². The van der Waals surface area contributed by atoms with Crippen LogP contribution in [0.2, 0.25) is 0 Å². The highest BCUT2D eigenvalue weighted by Crippen LogP contribution is 2.34. The number of anilines is 3. The fraction of sp³-hybridized carbons (Fsp3) is 0.0909. The topological polar surface area (TPSA) is 37.4 Å². The van der Waals surface area contributed by atoms with Crippen molar-refractivity contribution in [2.75, 3.05) is 4.90 Å². The van der Waals surface area contributed by atoms with E-state index < -0.39 is 0 Å². The summed E-state index contributed by atoms with van der Waals surface area (Å²) in [7, 11) is 0. The van der Waals surface area contributed by atoms with Crippen LogP contribution in [0.4, 0.5) is 17.1 Å². The fourth-order valence-corrected chi connectivity index (χ4v) is 2.73. The van der Waals surface area contributed by atoms with Crippen LogP contribution in [0.25, 0.3) is 0 Å². The molecule has 0 aliphatic heterocycles. The van der Waals surface area contributed by atoms with Crippen LogP contribution in [0.15, 0.2) is 84.9 Å². The van der Waals surface area contributed by atoms with Crippen molar-refractivity contribution in [3.8, 4) is 0 Å². The summed E-state index contributed by atoms with van der Waals surface area (Å²) in [6.07, 6.45) is -0.0551. The molecule has 0 saturated heterocycles. The predicted octanol–water partition coefficient (Wildman–Crippen LogP) is 5.32. The monoisotopic (exact) mass is 329 g/mol. The van der Waals surface area contributed by atoms with Crippen LogP contribution in [0.1, 0.15) is 23.7 Å². The Hall–Kier alpha value is -3.20. The zero-order valence-electron chi connectivity index (χ0n) is 14.1. The summed E-state index contributed by atoms with van der Waals surface area (Å²) >= 11 is 0. The Morgan fingerprint density at radius 2 is 1.12 bits per heavy atom. The molecule has 0 N–H and O–H groups in total. The third kappa shape index (κ3) is 4.01. The molecule has 0 radical (unpaired) electrons. The smallest absolute Gasteiger partial charge is 0.170 e. The van der Waals surface area contributed by atoms with Gasteiger partial charge < -0.3 is 4.90 Å². The highest BCUT2D eigenvalue weighted by atomic mass is 16.1. The summed E-state index contributed by atoms with van der Waals surface area (Å²) in [5, 5.41) is 0. The van der Waals surface area contributed by atoms with E-state index in [0.717, 1.165) is 17.1 Å². The van der Waals surface area contributed by atoms with Gasteiger partial charge in [0.15, 0.2) is 5.78 Å². The molecule has 3 aromatic rings. The number of benzene rings is 3. The molecule has 25 heavy (non-hydrogen) atoms. The van der Waals surface area contributed by atoms with Gasteiger partial charge in [-0.1, -0.05) is 36.4 Å². The first-order valence-corrected chi connectivity index (χ1v) is 8.18. The minimum Gasteiger partial charge on any atom is -0.311 e. The van der Waals surface area contributed by atoms with Crippen LogP contribution in [-0.2, 0) is 4.79 Å². The molecule has 0 fully saturated rings. The number of Topliss-reactive ketones (excluding diaryl/α,β-unsaturated/α-hetero) is 2. The Morgan fingerprint density at radius 3 is 1.56 bits per heavy atom. The van der Waals surface area contributed by atoms with Crippen molar-refractivity contribution < 1.29 is 9.59 Å². The highest BCUT2D eigenvalue weighted by Gasteiger charge is 2.13. The number of rotatable bonds is 6. The second-order valence-electron chi connectivity index (χ2n) is 5.86. The number of hydrogen-bond donors (Lipinski definition) is 0. The van der Waals surface area contributed by atoms with E-state index in [1.165, 1.54) is 6.92 Å². The van der Waals surface area contributed by atoms with E-state index in [1.54, 1.807) is 12.1 Å². The molecule has 0 unspecified atom stereocenters. The van der Waals surface area contributed by atoms with Gasteiger partial charge in [0.05, 0.1) is 6.42 Å². The van der Waals surface area contributed by atoms with Gasteiger partial charge in [-0.2, -0.15) is 0 Å². The van der Waals surface area contributed by atoms with Crippen LogP contribution in [-0.4, -0.2) is 11.6 Å². The van der Waals surface area contributed by atoms with Gasteiger partial charge in [0, 0.05) is 22.6 Å². The fourth-order valence-electron chi connectivity index (χ4n) is 2.73. The highest BCUT2D eigenvalue weighted by molar-refractivity contribution is 6.07. The summed E-state index contributed by atoms with van der Waals surface area (Å²) in [5.74, 6) is -0.269. The zero-order valence-corrected chi connectivity index (χ0v) is 14.1. The molecule has 0 aliphatic carbocycles. The van der Waals surface area contributed by atoms with Gasteiger partial charge in [0.25, 0.3) is 0 Å². The SMILES string of the molecule is CC(=O)CC(=O)c1ccc(N(c2ccccc2)c2ccccc2)cc1. The van der Waals surface area contributed by atoms with Crippen LogP contribution in [0, 0.1) is 0 Å². The molecule has 3 aromatic carbocycles. The molecule has 3 nitrogen and oxygen atoms in total. The largest absolute Gasteiger partial charge is 0.311 e. The van der Waals surface area contributed by atoms with Gasteiger partial charge >= 0.3 is 0 Å². The lowest BCUT2D eigenvalue weighted by molar-refractivity contribution is -0.116. The summed E-state index contributed by atoms with van der Waals surface area (Å²) in [6.45, 7) is 1.43. The molecule has 0 aliphatic rings. The maximum Gasteiger partial charge on any atom is 0.170 e. The molecule has 0 heterocycles.